The van der Waals surface area contributed by atoms with Gasteiger partial charge in [-0.3, -0.25) is 0 Å². The average Bonchev–Trinajstić information content (AvgIpc) is 2.64. The Labute approximate surface area is 179 Å². The maximum atomic E-state index is 11.1. The monoisotopic (exact) mass is 391 g/mol. The summed E-state index contributed by atoms with van der Waals surface area (Å²) in [4.78, 5) is -0.263. The van der Waals surface area contributed by atoms with Crippen molar-refractivity contribution in [2.24, 2.45) is 0 Å². The molecule has 0 fully saturated rings. The normalized spacial score (nSPS) is 10.7. The van der Waals surface area contributed by atoms with E-state index in [1.807, 2.05) is 0 Å². The molecule has 0 aliphatic carbocycles. The fourth-order valence-electron chi connectivity index (χ4n) is 2.54. The Morgan fingerprint density at radius 1 is 1.04 bits per heavy atom. The third-order valence-corrected chi connectivity index (χ3v) is 4.71. The molecular weight excluding hydrogens is 377 g/mol. The van der Waals surface area contributed by atoms with Gasteiger partial charge >= 0.3 is 29.6 Å². The van der Waals surface area contributed by atoms with Gasteiger partial charge in [-0.2, -0.15) is 5.26 Å². The zero-order valence-electron chi connectivity index (χ0n) is 14.8. The summed E-state index contributed by atoms with van der Waals surface area (Å²) in [7, 11) is -2.96. The fourth-order valence-corrected chi connectivity index (χ4v) is 3.05. The van der Waals surface area contributed by atoms with Crippen molar-refractivity contribution >= 4 is 20.9 Å². The van der Waals surface area contributed by atoms with Gasteiger partial charge < -0.3 is 14.0 Å². The van der Waals surface area contributed by atoms with E-state index in [-0.39, 0.29) is 41.1 Å². The molecule has 0 aliphatic heterocycles. The molecule has 0 aromatic heterocycles. The number of nitrogens with zero attached hydrogens (tertiary/aromatic N) is 1. The Morgan fingerprint density at radius 2 is 1.74 bits per heavy atom. The van der Waals surface area contributed by atoms with E-state index in [0.29, 0.717) is 22.4 Å². The van der Waals surface area contributed by atoms with Crippen LogP contribution in [0.1, 0.15) is 11.1 Å². The topological polar surface area (TPSA) is 99.5 Å². The SMILES string of the molecule is COc1cc(C#N)ccc1COc1ccc2cc(S(=O)(=O)[O-])ccc2c1.[Na+]. The van der Waals surface area contributed by atoms with Crippen LogP contribution < -0.4 is 39.0 Å². The molecule has 0 saturated heterocycles. The average molecular weight is 391 g/mol. The van der Waals surface area contributed by atoms with Crippen molar-refractivity contribution in [1.29, 1.82) is 5.26 Å². The molecule has 6 nitrogen and oxygen atoms in total. The standard InChI is InChI=1S/C19H15NO5S.Na/c1-24-19-8-13(11-20)2-3-16(19)12-25-17-6-4-15-10-18(26(21,22)23)7-5-14(15)9-17;/h2-10H,12H2,1H3,(H,21,22,23);/q;+1/p-1. The maximum absolute atomic E-state index is 11.1. The van der Waals surface area contributed by atoms with Gasteiger partial charge in [-0.15, -0.1) is 0 Å². The Hall–Kier alpha value is -2.08. The molecule has 3 aromatic rings. The molecule has 0 aliphatic rings. The van der Waals surface area contributed by atoms with E-state index in [0.717, 1.165) is 10.9 Å². The summed E-state index contributed by atoms with van der Waals surface area (Å²) in [5, 5.41) is 10.3. The van der Waals surface area contributed by atoms with Crippen molar-refractivity contribution in [2.45, 2.75) is 11.5 Å². The van der Waals surface area contributed by atoms with Crippen LogP contribution in [0, 0.1) is 11.3 Å². The predicted octanol–water partition coefficient (Wildman–Crippen LogP) is 0.207. The Balaban J connectivity index is 0.00000261. The Bertz CT molecular complexity index is 1120. The molecule has 8 heteroatoms. The summed E-state index contributed by atoms with van der Waals surface area (Å²) in [6, 6.07) is 16.5. The number of ether oxygens (including phenoxy) is 2. The second-order valence-electron chi connectivity index (χ2n) is 5.55. The quantitative estimate of drug-likeness (QED) is 0.455. The van der Waals surface area contributed by atoms with Crippen molar-refractivity contribution in [2.75, 3.05) is 7.11 Å². The zero-order valence-corrected chi connectivity index (χ0v) is 17.6. The van der Waals surface area contributed by atoms with Crippen molar-refractivity contribution < 1.29 is 52.0 Å². The summed E-state index contributed by atoms with van der Waals surface area (Å²) in [5.74, 6) is 1.15. The van der Waals surface area contributed by atoms with Crippen LogP contribution in [0.5, 0.6) is 11.5 Å². The van der Waals surface area contributed by atoms with Crippen LogP contribution in [0.2, 0.25) is 0 Å². The molecule has 0 atom stereocenters. The first-order valence-corrected chi connectivity index (χ1v) is 9.01. The number of hydrogen-bond donors (Lipinski definition) is 0. The van der Waals surface area contributed by atoms with Gasteiger partial charge in [-0.1, -0.05) is 18.2 Å². The van der Waals surface area contributed by atoms with Gasteiger partial charge in [0, 0.05) is 5.56 Å². The molecule has 132 valence electrons. The molecule has 0 amide bonds. The first-order chi connectivity index (χ1) is 12.4. The van der Waals surface area contributed by atoms with Crippen LogP contribution >= 0.6 is 0 Å². The van der Waals surface area contributed by atoms with E-state index in [1.165, 1.54) is 19.2 Å². The van der Waals surface area contributed by atoms with Gasteiger partial charge in [0.1, 0.15) is 28.2 Å². The molecule has 0 unspecified atom stereocenters. The molecule has 3 rings (SSSR count). The zero-order chi connectivity index (χ0) is 18.7. The van der Waals surface area contributed by atoms with Crippen LogP contribution in [-0.2, 0) is 16.7 Å². The third-order valence-electron chi connectivity index (χ3n) is 3.88. The molecule has 0 spiro atoms. The van der Waals surface area contributed by atoms with Gasteiger partial charge in [-0.05, 0) is 47.2 Å². The van der Waals surface area contributed by atoms with E-state index in [4.69, 9.17) is 14.7 Å². The smallest absolute Gasteiger partial charge is 0.744 e. The number of fused-ring (bicyclic) bond motifs is 1. The van der Waals surface area contributed by atoms with E-state index >= 15 is 0 Å². The van der Waals surface area contributed by atoms with Crippen LogP contribution in [0.3, 0.4) is 0 Å². The fraction of sp³-hybridized carbons (Fsp3) is 0.105. The largest absolute Gasteiger partial charge is 1.00 e. The van der Waals surface area contributed by atoms with Crippen molar-refractivity contribution in [3.8, 4) is 17.6 Å². The molecular formula is C19H14NNaO5S. The van der Waals surface area contributed by atoms with Gasteiger partial charge in [0.25, 0.3) is 0 Å². The third kappa shape index (κ3) is 5.01. The molecule has 0 heterocycles. The van der Waals surface area contributed by atoms with Crippen LogP contribution in [0.15, 0.2) is 59.5 Å². The molecule has 3 aromatic carbocycles. The summed E-state index contributed by atoms with van der Waals surface area (Å²) in [6.07, 6.45) is 0. The number of benzene rings is 3. The van der Waals surface area contributed by atoms with Crippen molar-refractivity contribution in [3.63, 3.8) is 0 Å². The molecule has 0 saturated carbocycles. The van der Waals surface area contributed by atoms with Gasteiger partial charge in [-0.25, -0.2) is 8.42 Å². The predicted molar refractivity (Wildman–Crippen MR) is 94.0 cm³/mol. The second-order valence-corrected chi connectivity index (χ2v) is 6.93. The maximum Gasteiger partial charge on any atom is 1.00 e. The van der Waals surface area contributed by atoms with E-state index in [2.05, 4.69) is 6.07 Å². The van der Waals surface area contributed by atoms with Gasteiger partial charge in [0.05, 0.1) is 23.6 Å². The summed E-state index contributed by atoms with van der Waals surface area (Å²) >= 11 is 0. The molecule has 27 heavy (non-hydrogen) atoms. The van der Waals surface area contributed by atoms with Crippen LogP contribution in [0.4, 0.5) is 0 Å². The Kier molecular flexibility index (Phi) is 6.87. The first kappa shape index (κ1) is 21.2. The number of hydrogen-bond acceptors (Lipinski definition) is 6. The van der Waals surface area contributed by atoms with Crippen LogP contribution in [0.25, 0.3) is 10.8 Å². The Morgan fingerprint density at radius 3 is 2.41 bits per heavy atom. The molecule has 0 radical (unpaired) electrons. The summed E-state index contributed by atoms with van der Waals surface area (Å²) in [6.45, 7) is 0.243. The van der Waals surface area contributed by atoms with Gasteiger partial charge in [0.15, 0.2) is 0 Å². The number of methoxy groups -OCH3 is 1. The molecule has 0 bridgehead atoms. The number of rotatable bonds is 5. The van der Waals surface area contributed by atoms with Crippen LogP contribution in [-0.4, -0.2) is 20.1 Å². The minimum atomic E-state index is -4.48. The summed E-state index contributed by atoms with van der Waals surface area (Å²) in [5.41, 5.74) is 1.29. The second kappa shape index (κ2) is 8.74. The van der Waals surface area contributed by atoms with Crippen molar-refractivity contribution in [3.05, 3.63) is 65.7 Å². The minimum absolute atomic E-state index is 0. The van der Waals surface area contributed by atoms with E-state index in [1.54, 1.807) is 42.5 Å². The first-order valence-electron chi connectivity index (χ1n) is 7.60. The molecule has 0 N–H and O–H groups in total. The van der Waals surface area contributed by atoms with E-state index in [9.17, 15) is 13.0 Å². The minimum Gasteiger partial charge on any atom is -0.744 e. The van der Waals surface area contributed by atoms with Gasteiger partial charge in [0.2, 0.25) is 0 Å². The summed E-state index contributed by atoms with van der Waals surface area (Å²) < 4.78 is 44.3. The van der Waals surface area contributed by atoms with E-state index < -0.39 is 10.1 Å². The van der Waals surface area contributed by atoms with Crippen molar-refractivity contribution in [1.82, 2.24) is 0 Å². The number of nitriles is 1.